The van der Waals surface area contributed by atoms with Crippen LogP contribution < -0.4 is 20.5 Å². The number of benzene rings is 2. The van der Waals surface area contributed by atoms with Crippen LogP contribution in [0.3, 0.4) is 0 Å². The number of hydrogen-bond acceptors (Lipinski definition) is 6. The molecule has 3 rings (SSSR count). The number of aromatic nitrogens is 1. The largest absolute Gasteiger partial charge is 0.383 e. The van der Waals surface area contributed by atoms with Gasteiger partial charge in [0.25, 0.3) is 16.1 Å². The van der Waals surface area contributed by atoms with Gasteiger partial charge in [-0.2, -0.15) is 13.1 Å². The van der Waals surface area contributed by atoms with Gasteiger partial charge in [0, 0.05) is 29.8 Å². The molecule has 0 unspecified atom stereocenters. The second-order valence-corrected chi connectivity index (χ2v) is 10.2. The molecule has 37 heavy (non-hydrogen) atoms. The Hall–Kier alpha value is -3.02. The number of methoxy groups -OCH3 is 1. The molecule has 0 bridgehead atoms. The summed E-state index contributed by atoms with van der Waals surface area (Å²) in [6.07, 6.45) is 0.464. The molecule has 1 aromatic heterocycles. The number of hydrogen-bond donors (Lipinski definition) is 4. The van der Waals surface area contributed by atoms with Gasteiger partial charge < -0.3 is 15.8 Å². The van der Waals surface area contributed by atoms with Gasteiger partial charge in [0.1, 0.15) is 5.82 Å². The summed E-state index contributed by atoms with van der Waals surface area (Å²) in [7, 11) is -2.85. The Morgan fingerprint density at radius 2 is 1.81 bits per heavy atom. The molecule has 0 atom stereocenters. The molecular weight excluding hydrogens is 633 g/mol. The summed E-state index contributed by atoms with van der Waals surface area (Å²) < 4.78 is 92.7. The average molecular weight is 653 g/mol. The van der Waals surface area contributed by atoms with E-state index in [4.69, 9.17) is 10.5 Å². The Bertz CT molecular complexity index is 1440. The van der Waals surface area contributed by atoms with Gasteiger partial charge in [-0.15, -0.1) is 0 Å². The Labute approximate surface area is 223 Å². The lowest BCUT2D eigenvalue weighted by molar-refractivity contribution is 0.100. The van der Waals surface area contributed by atoms with Gasteiger partial charge in [-0.1, -0.05) is 0 Å². The fourth-order valence-corrected chi connectivity index (χ4v) is 4.46. The minimum absolute atomic E-state index is 0.0605. The lowest BCUT2D eigenvalue weighted by Crippen LogP contribution is -2.33. The van der Waals surface area contributed by atoms with E-state index in [1.807, 2.05) is 27.3 Å². The lowest BCUT2D eigenvalue weighted by atomic mass is 10.00. The molecule has 198 valence electrons. The molecule has 0 aliphatic carbocycles. The molecule has 1 amide bonds. The lowest BCUT2D eigenvalue weighted by Gasteiger charge is -2.16. The zero-order chi connectivity index (χ0) is 27.3. The van der Waals surface area contributed by atoms with Crippen molar-refractivity contribution < 1.29 is 35.5 Å². The quantitative estimate of drug-likeness (QED) is 0.142. The maximum absolute atomic E-state index is 15.0. The predicted molar refractivity (Wildman–Crippen MR) is 137 cm³/mol. The fraction of sp³-hybridized carbons (Fsp3) is 0.182. The number of pyridine rings is 1. The van der Waals surface area contributed by atoms with E-state index in [9.17, 15) is 17.6 Å². The first-order valence-corrected chi connectivity index (χ1v) is 12.9. The predicted octanol–water partition coefficient (Wildman–Crippen LogP) is 3.57. The van der Waals surface area contributed by atoms with E-state index < -0.39 is 68.4 Å². The van der Waals surface area contributed by atoms with E-state index in [2.05, 4.69) is 15.0 Å². The molecule has 3 aromatic rings. The first-order chi connectivity index (χ1) is 17.4. The molecule has 0 saturated carbocycles. The number of rotatable bonds is 11. The molecule has 9 nitrogen and oxygen atoms in total. The molecule has 0 fully saturated rings. The fourth-order valence-electron chi connectivity index (χ4n) is 3.19. The van der Waals surface area contributed by atoms with Crippen LogP contribution >= 0.6 is 22.6 Å². The van der Waals surface area contributed by atoms with Crippen molar-refractivity contribution in [2.24, 2.45) is 5.73 Å². The van der Waals surface area contributed by atoms with Crippen LogP contribution in [0.5, 0.6) is 0 Å². The van der Waals surface area contributed by atoms with Gasteiger partial charge in [0.05, 0.1) is 23.5 Å². The number of ether oxygens (including phenoxy) is 1. The number of nitrogens with one attached hydrogen (secondary N) is 3. The second kappa shape index (κ2) is 12.0. The number of anilines is 3. The summed E-state index contributed by atoms with van der Waals surface area (Å²) in [6, 6.07) is 5.94. The minimum Gasteiger partial charge on any atom is -0.383 e. The van der Waals surface area contributed by atoms with Crippen LogP contribution in [0.2, 0.25) is 0 Å². The number of carbonyl (C=O) groups is 1. The molecule has 15 heteroatoms. The molecule has 5 N–H and O–H groups in total. The Kier molecular flexibility index (Phi) is 9.27. The van der Waals surface area contributed by atoms with Gasteiger partial charge >= 0.3 is 0 Å². The molecular formula is C22H20F4IN5O4S. The number of primary amides is 1. The Morgan fingerprint density at radius 3 is 2.46 bits per heavy atom. The number of nitrogens with zero attached hydrogens (tertiary/aromatic N) is 1. The van der Waals surface area contributed by atoms with E-state index in [1.54, 1.807) is 0 Å². The zero-order valence-electron chi connectivity index (χ0n) is 19.0. The van der Waals surface area contributed by atoms with Crippen LogP contribution in [-0.4, -0.2) is 39.6 Å². The third kappa shape index (κ3) is 7.06. The summed E-state index contributed by atoms with van der Waals surface area (Å²) in [4.78, 5) is 15.7. The summed E-state index contributed by atoms with van der Waals surface area (Å²) in [5.41, 5.74) is 3.19. The van der Waals surface area contributed by atoms with E-state index >= 15 is 13.2 Å². The first-order valence-electron chi connectivity index (χ1n) is 10.4. The normalized spacial score (nSPS) is 11.4. The molecule has 0 aliphatic heterocycles. The number of carbonyl (C=O) groups excluding carboxylic acids is 1. The van der Waals surface area contributed by atoms with E-state index in [-0.39, 0.29) is 24.4 Å². The molecule has 2 aromatic carbocycles. The molecule has 0 spiro atoms. The minimum atomic E-state index is -4.21. The monoisotopic (exact) mass is 653 g/mol. The van der Waals surface area contributed by atoms with Gasteiger partial charge in [-0.25, -0.2) is 22.5 Å². The van der Waals surface area contributed by atoms with Gasteiger partial charge in [-0.05, 0) is 64.0 Å². The highest BCUT2D eigenvalue weighted by atomic mass is 127. The third-order valence-corrected chi connectivity index (χ3v) is 6.63. The zero-order valence-corrected chi connectivity index (χ0v) is 22.0. The van der Waals surface area contributed by atoms with Crippen molar-refractivity contribution in [3.8, 4) is 0 Å². The van der Waals surface area contributed by atoms with Crippen LogP contribution in [-0.2, 0) is 21.4 Å². The number of amides is 1. The highest BCUT2D eigenvalue weighted by molar-refractivity contribution is 14.1. The smallest absolute Gasteiger partial charge is 0.300 e. The molecule has 0 radical (unpaired) electrons. The van der Waals surface area contributed by atoms with E-state index in [0.717, 1.165) is 24.4 Å². The van der Waals surface area contributed by atoms with Crippen molar-refractivity contribution in [3.63, 3.8) is 0 Å². The van der Waals surface area contributed by atoms with Crippen molar-refractivity contribution in [2.75, 3.05) is 30.3 Å². The molecule has 0 aliphatic rings. The van der Waals surface area contributed by atoms with Crippen molar-refractivity contribution in [2.45, 2.75) is 6.42 Å². The van der Waals surface area contributed by atoms with Gasteiger partial charge in [0.15, 0.2) is 23.3 Å². The highest BCUT2D eigenvalue weighted by Crippen LogP contribution is 2.32. The SMILES string of the molecule is COCCNS(=O)(=O)Nc1nccc(Cc2cc(C(N)=O)c(Nc3ccc(I)cc3F)c(F)c2F)c1F. The standard InChI is InChI=1S/C22H20F4IN5O4S/c1-36-7-6-30-37(34,35)32-22-18(25)11(4-5-29-22)8-12-9-14(21(28)33)20(19(26)17(12)24)31-16-3-2-13(27)10-15(16)23/h2-5,9-10,30-31H,6-8H2,1H3,(H2,28,33)(H,29,32). The topological polar surface area (TPSA) is 135 Å². The van der Waals surface area contributed by atoms with E-state index in [1.165, 1.54) is 19.2 Å². The first kappa shape index (κ1) is 28.5. The van der Waals surface area contributed by atoms with Crippen LogP contribution in [0.15, 0.2) is 36.5 Å². The van der Waals surface area contributed by atoms with Crippen molar-refractivity contribution in [1.82, 2.24) is 9.71 Å². The maximum atomic E-state index is 15.0. The van der Waals surface area contributed by atoms with Crippen LogP contribution in [0.25, 0.3) is 0 Å². The van der Waals surface area contributed by atoms with Crippen molar-refractivity contribution >= 4 is 55.9 Å². The van der Waals surface area contributed by atoms with Crippen molar-refractivity contribution in [3.05, 3.63) is 80.1 Å². The Balaban J connectivity index is 1.95. The Morgan fingerprint density at radius 1 is 1.08 bits per heavy atom. The number of nitrogens with two attached hydrogens (primary N) is 1. The van der Waals surface area contributed by atoms with Crippen LogP contribution in [0, 0.1) is 26.8 Å². The summed E-state index contributed by atoms with van der Waals surface area (Å²) in [5.74, 6) is -6.76. The average Bonchev–Trinajstić information content (AvgIpc) is 2.82. The van der Waals surface area contributed by atoms with Gasteiger partial charge in [-0.3, -0.25) is 9.52 Å². The number of halogens is 5. The summed E-state index contributed by atoms with van der Waals surface area (Å²) >= 11 is 1.86. The maximum Gasteiger partial charge on any atom is 0.300 e. The molecule has 1 heterocycles. The molecule has 0 saturated heterocycles. The van der Waals surface area contributed by atoms with E-state index in [0.29, 0.717) is 3.57 Å². The van der Waals surface area contributed by atoms with Crippen molar-refractivity contribution in [1.29, 1.82) is 0 Å². The summed E-state index contributed by atoms with van der Waals surface area (Å²) in [6.45, 7) is -0.0367. The van der Waals surface area contributed by atoms with Crippen LogP contribution in [0.4, 0.5) is 34.8 Å². The third-order valence-electron chi connectivity index (χ3n) is 4.92. The summed E-state index contributed by atoms with van der Waals surface area (Å²) in [5, 5.41) is 2.35. The second-order valence-electron chi connectivity index (χ2n) is 7.50. The van der Waals surface area contributed by atoms with Crippen LogP contribution in [0.1, 0.15) is 21.5 Å². The van der Waals surface area contributed by atoms with Gasteiger partial charge in [0.2, 0.25) is 0 Å². The highest BCUT2D eigenvalue weighted by Gasteiger charge is 2.24.